The van der Waals surface area contributed by atoms with Crippen molar-refractivity contribution in [3.63, 3.8) is 0 Å². The van der Waals surface area contributed by atoms with Crippen LogP contribution >= 0.6 is 23.2 Å². The number of halogens is 3. The molecule has 0 atom stereocenters. The van der Waals surface area contributed by atoms with Crippen LogP contribution < -0.4 is 5.32 Å². The summed E-state index contributed by atoms with van der Waals surface area (Å²) in [7, 11) is 0. The Labute approximate surface area is 108 Å². The Kier molecular flexibility index (Phi) is 3.60. The average Bonchev–Trinajstić information content (AvgIpc) is 2.69. The third-order valence-electron chi connectivity index (χ3n) is 2.25. The second kappa shape index (κ2) is 4.98. The van der Waals surface area contributed by atoms with Gasteiger partial charge in [-0.05, 0) is 31.2 Å². The summed E-state index contributed by atoms with van der Waals surface area (Å²) in [5.41, 5.74) is 0.649. The van der Waals surface area contributed by atoms with Gasteiger partial charge in [-0.3, -0.25) is 0 Å². The van der Waals surface area contributed by atoms with Gasteiger partial charge in [-0.25, -0.2) is 4.39 Å². The fraction of sp³-hybridized carbons (Fsp3) is 0.167. The second-order valence-corrected chi connectivity index (χ2v) is 4.43. The molecule has 0 unspecified atom stereocenters. The Morgan fingerprint density at radius 2 is 1.88 bits per heavy atom. The van der Waals surface area contributed by atoms with Crippen LogP contribution in [0.2, 0.25) is 10.0 Å². The Bertz CT molecular complexity index is 516. The van der Waals surface area contributed by atoms with Crippen LogP contribution in [0.25, 0.3) is 0 Å². The highest BCUT2D eigenvalue weighted by molar-refractivity contribution is 6.35. The standard InChI is InChI=1S/C12H10Cl2FNO/c1-7-2-3-9(17-7)6-16-8-4-10(13)12(15)11(14)5-8/h2-5,16H,6H2,1H3. The van der Waals surface area contributed by atoms with Gasteiger partial charge in [0, 0.05) is 5.69 Å². The fourth-order valence-electron chi connectivity index (χ4n) is 1.43. The summed E-state index contributed by atoms with van der Waals surface area (Å²) in [5.74, 6) is 1.03. The van der Waals surface area contributed by atoms with E-state index in [2.05, 4.69) is 5.32 Å². The summed E-state index contributed by atoms with van der Waals surface area (Å²) in [6, 6.07) is 6.72. The monoisotopic (exact) mass is 273 g/mol. The molecule has 0 bridgehead atoms. The highest BCUT2D eigenvalue weighted by Gasteiger charge is 2.07. The molecular weight excluding hydrogens is 264 g/mol. The minimum atomic E-state index is -0.604. The van der Waals surface area contributed by atoms with Gasteiger partial charge in [0.1, 0.15) is 11.5 Å². The molecule has 0 fully saturated rings. The molecule has 1 N–H and O–H groups in total. The van der Waals surface area contributed by atoms with Crippen molar-refractivity contribution in [3.8, 4) is 0 Å². The Morgan fingerprint density at radius 3 is 2.41 bits per heavy atom. The Balaban J connectivity index is 2.09. The van der Waals surface area contributed by atoms with E-state index in [1.165, 1.54) is 12.1 Å². The number of furan rings is 1. The minimum absolute atomic E-state index is 0.00405. The van der Waals surface area contributed by atoms with Gasteiger partial charge in [-0.2, -0.15) is 0 Å². The van der Waals surface area contributed by atoms with Crippen molar-refractivity contribution in [1.29, 1.82) is 0 Å². The van der Waals surface area contributed by atoms with E-state index in [1.54, 1.807) is 0 Å². The van der Waals surface area contributed by atoms with E-state index in [9.17, 15) is 4.39 Å². The van der Waals surface area contributed by atoms with Crippen LogP contribution in [0.4, 0.5) is 10.1 Å². The molecule has 0 aliphatic heterocycles. The van der Waals surface area contributed by atoms with Crippen LogP contribution in [0.15, 0.2) is 28.7 Å². The number of hydrogen-bond acceptors (Lipinski definition) is 2. The summed E-state index contributed by atoms with van der Waals surface area (Å²) in [4.78, 5) is 0. The molecule has 0 radical (unpaired) electrons. The second-order valence-electron chi connectivity index (χ2n) is 3.62. The van der Waals surface area contributed by atoms with E-state index in [1.807, 2.05) is 19.1 Å². The molecule has 0 amide bonds. The van der Waals surface area contributed by atoms with E-state index < -0.39 is 5.82 Å². The first-order valence-corrected chi connectivity index (χ1v) is 5.75. The molecule has 0 spiro atoms. The van der Waals surface area contributed by atoms with Crippen LogP contribution in [0.1, 0.15) is 11.5 Å². The third kappa shape index (κ3) is 2.93. The van der Waals surface area contributed by atoms with Gasteiger partial charge in [-0.15, -0.1) is 0 Å². The molecule has 17 heavy (non-hydrogen) atoms. The van der Waals surface area contributed by atoms with Gasteiger partial charge in [0.15, 0.2) is 5.82 Å². The quantitative estimate of drug-likeness (QED) is 0.824. The third-order valence-corrected chi connectivity index (χ3v) is 2.80. The predicted octanol–water partition coefficient (Wildman–Crippen LogP) is 4.65. The van der Waals surface area contributed by atoms with Gasteiger partial charge in [0.05, 0.1) is 16.6 Å². The largest absolute Gasteiger partial charge is 0.465 e. The van der Waals surface area contributed by atoms with Crippen molar-refractivity contribution >= 4 is 28.9 Å². The number of nitrogens with one attached hydrogen (secondary N) is 1. The molecule has 2 rings (SSSR count). The Hall–Kier alpha value is -1.19. The molecule has 0 aliphatic rings. The molecular formula is C12H10Cl2FNO. The van der Waals surface area contributed by atoms with Crippen molar-refractivity contribution in [2.75, 3.05) is 5.32 Å². The zero-order valence-corrected chi connectivity index (χ0v) is 10.6. The number of anilines is 1. The summed E-state index contributed by atoms with van der Waals surface area (Å²) in [5, 5.41) is 3.05. The molecule has 2 aromatic rings. The van der Waals surface area contributed by atoms with E-state index in [0.717, 1.165) is 11.5 Å². The highest BCUT2D eigenvalue weighted by atomic mass is 35.5. The van der Waals surface area contributed by atoms with Crippen molar-refractivity contribution in [2.24, 2.45) is 0 Å². The average molecular weight is 274 g/mol. The Morgan fingerprint density at radius 1 is 1.24 bits per heavy atom. The number of hydrogen-bond donors (Lipinski definition) is 1. The summed E-state index contributed by atoms with van der Waals surface area (Å²) in [6.45, 7) is 2.36. The molecule has 1 aromatic carbocycles. The predicted molar refractivity (Wildman–Crippen MR) is 67.2 cm³/mol. The van der Waals surface area contributed by atoms with E-state index in [0.29, 0.717) is 12.2 Å². The minimum Gasteiger partial charge on any atom is -0.465 e. The summed E-state index contributed by atoms with van der Waals surface area (Å²) >= 11 is 11.4. The SMILES string of the molecule is Cc1ccc(CNc2cc(Cl)c(F)c(Cl)c2)o1. The zero-order valence-electron chi connectivity index (χ0n) is 9.06. The summed E-state index contributed by atoms with van der Waals surface area (Å²) in [6.07, 6.45) is 0. The van der Waals surface area contributed by atoms with Crippen molar-refractivity contribution in [3.05, 3.63) is 51.6 Å². The first-order chi connectivity index (χ1) is 8.06. The van der Waals surface area contributed by atoms with Crippen LogP contribution in [-0.2, 0) is 6.54 Å². The van der Waals surface area contributed by atoms with Crippen LogP contribution in [0, 0.1) is 12.7 Å². The molecule has 1 heterocycles. The molecule has 1 aromatic heterocycles. The van der Waals surface area contributed by atoms with Gasteiger partial charge in [0.25, 0.3) is 0 Å². The lowest BCUT2D eigenvalue weighted by molar-refractivity contribution is 0.490. The van der Waals surface area contributed by atoms with Gasteiger partial charge in [0.2, 0.25) is 0 Å². The first-order valence-electron chi connectivity index (χ1n) is 5.00. The van der Waals surface area contributed by atoms with E-state index in [4.69, 9.17) is 27.6 Å². The van der Waals surface area contributed by atoms with Crippen LogP contribution in [0.3, 0.4) is 0 Å². The first kappa shape index (κ1) is 12.3. The number of benzene rings is 1. The highest BCUT2D eigenvalue weighted by Crippen LogP contribution is 2.27. The van der Waals surface area contributed by atoms with Gasteiger partial charge >= 0.3 is 0 Å². The van der Waals surface area contributed by atoms with Gasteiger partial charge in [-0.1, -0.05) is 23.2 Å². The summed E-state index contributed by atoms with van der Waals surface area (Å²) < 4.78 is 18.6. The molecule has 0 saturated heterocycles. The number of rotatable bonds is 3. The van der Waals surface area contributed by atoms with Crippen molar-refractivity contribution < 1.29 is 8.81 Å². The maximum Gasteiger partial charge on any atom is 0.160 e. The lowest BCUT2D eigenvalue weighted by atomic mass is 10.3. The van der Waals surface area contributed by atoms with Crippen molar-refractivity contribution in [1.82, 2.24) is 0 Å². The van der Waals surface area contributed by atoms with Crippen LogP contribution in [-0.4, -0.2) is 0 Å². The molecule has 2 nitrogen and oxygen atoms in total. The van der Waals surface area contributed by atoms with E-state index in [-0.39, 0.29) is 10.0 Å². The maximum atomic E-state index is 13.2. The topological polar surface area (TPSA) is 25.2 Å². The van der Waals surface area contributed by atoms with Crippen LogP contribution in [0.5, 0.6) is 0 Å². The maximum absolute atomic E-state index is 13.2. The van der Waals surface area contributed by atoms with Gasteiger partial charge < -0.3 is 9.73 Å². The normalized spacial score (nSPS) is 10.6. The molecule has 90 valence electrons. The smallest absolute Gasteiger partial charge is 0.160 e. The van der Waals surface area contributed by atoms with Crippen molar-refractivity contribution in [2.45, 2.75) is 13.5 Å². The molecule has 0 saturated carbocycles. The number of aryl methyl sites for hydroxylation is 1. The molecule has 5 heteroatoms. The molecule has 0 aliphatic carbocycles. The lowest BCUT2D eigenvalue weighted by Crippen LogP contribution is -1.98. The van der Waals surface area contributed by atoms with E-state index >= 15 is 0 Å². The lowest BCUT2D eigenvalue weighted by Gasteiger charge is -2.06. The zero-order chi connectivity index (χ0) is 12.4. The fourth-order valence-corrected chi connectivity index (χ4v) is 1.91.